The van der Waals surface area contributed by atoms with Gasteiger partial charge in [-0.1, -0.05) is 11.6 Å². The van der Waals surface area contributed by atoms with Crippen LogP contribution < -0.4 is 0 Å². The first kappa shape index (κ1) is 11.5. The highest BCUT2D eigenvalue weighted by Gasteiger charge is 2.15. The van der Waals surface area contributed by atoms with Crippen LogP contribution >= 0.6 is 11.6 Å². The normalized spacial score (nSPS) is 9.47. The summed E-state index contributed by atoms with van der Waals surface area (Å²) in [5.41, 5.74) is -0.152. The maximum atomic E-state index is 13.5. The molecule has 0 aliphatic heterocycles. The zero-order valence-corrected chi connectivity index (χ0v) is 8.64. The van der Waals surface area contributed by atoms with Gasteiger partial charge in [0.2, 0.25) is 0 Å². The van der Waals surface area contributed by atoms with Gasteiger partial charge in [0.05, 0.1) is 19.1 Å². The molecule has 0 N–H and O–H groups in total. The molecule has 0 saturated heterocycles. The van der Waals surface area contributed by atoms with E-state index in [1.54, 1.807) is 6.07 Å². The summed E-state index contributed by atoms with van der Waals surface area (Å²) >= 11 is 5.70. The Kier molecular flexibility index (Phi) is 3.64. The van der Waals surface area contributed by atoms with Gasteiger partial charge in [-0.15, -0.1) is 0 Å². The lowest BCUT2D eigenvalue weighted by Crippen LogP contribution is -2.07. The molecule has 1 rings (SSSR count). The summed E-state index contributed by atoms with van der Waals surface area (Å²) in [5, 5.41) is 8.68. The molecule has 0 atom stereocenters. The van der Waals surface area contributed by atoms with Crippen molar-refractivity contribution in [2.75, 3.05) is 7.11 Å². The minimum atomic E-state index is -0.768. The second-order valence-corrected chi connectivity index (χ2v) is 3.16. The molecule has 0 spiro atoms. The Bertz CT molecular complexity index is 440. The topological polar surface area (TPSA) is 50.1 Å². The van der Waals surface area contributed by atoms with Crippen LogP contribution in [0.4, 0.5) is 4.39 Å². The monoisotopic (exact) mass is 227 g/mol. The number of carbonyl (C=O) groups is 1. The van der Waals surface area contributed by atoms with Crippen molar-refractivity contribution in [2.45, 2.75) is 6.42 Å². The van der Waals surface area contributed by atoms with Crippen LogP contribution in [0.1, 0.15) is 11.1 Å². The highest BCUT2D eigenvalue weighted by Crippen LogP contribution is 2.22. The summed E-state index contributed by atoms with van der Waals surface area (Å²) in [4.78, 5) is 11.0. The molecule has 0 heterocycles. The number of carbonyl (C=O) groups excluding carboxylic acids is 1. The van der Waals surface area contributed by atoms with Crippen LogP contribution in [0.15, 0.2) is 12.1 Å². The Morgan fingerprint density at radius 2 is 2.33 bits per heavy atom. The molecule has 1 aromatic carbocycles. The largest absolute Gasteiger partial charge is 0.469 e. The van der Waals surface area contributed by atoms with E-state index in [1.807, 2.05) is 0 Å². The third-order valence-electron chi connectivity index (χ3n) is 1.86. The molecule has 1 aromatic rings. The van der Waals surface area contributed by atoms with Gasteiger partial charge in [0.1, 0.15) is 11.9 Å². The standard InChI is InChI=1S/C10H7ClFNO2/c1-15-9(14)4-7-8(11)3-2-6(5-13)10(7)12/h2-3H,4H2,1H3. The summed E-state index contributed by atoms with van der Waals surface area (Å²) in [5.74, 6) is -1.37. The van der Waals surface area contributed by atoms with E-state index in [-0.39, 0.29) is 22.6 Å². The first-order valence-electron chi connectivity index (χ1n) is 4.04. The highest BCUT2D eigenvalue weighted by atomic mass is 35.5. The van der Waals surface area contributed by atoms with Crippen molar-refractivity contribution in [2.24, 2.45) is 0 Å². The molecule has 5 heteroatoms. The van der Waals surface area contributed by atoms with E-state index in [1.165, 1.54) is 19.2 Å². The van der Waals surface area contributed by atoms with Gasteiger partial charge >= 0.3 is 5.97 Å². The van der Waals surface area contributed by atoms with Crippen LogP contribution in [0.3, 0.4) is 0 Å². The molecule has 78 valence electrons. The Hall–Kier alpha value is -1.60. The van der Waals surface area contributed by atoms with Crippen LogP contribution in [-0.4, -0.2) is 13.1 Å². The van der Waals surface area contributed by atoms with E-state index in [9.17, 15) is 9.18 Å². The fourth-order valence-electron chi connectivity index (χ4n) is 1.06. The van der Waals surface area contributed by atoms with E-state index in [2.05, 4.69) is 4.74 Å². The zero-order chi connectivity index (χ0) is 11.4. The van der Waals surface area contributed by atoms with Crippen molar-refractivity contribution >= 4 is 17.6 Å². The van der Waals surface area contributed by atoms with Crippen molar-refractivity contribution in [3.63, 3.8) is 0 Å². The summed E-state index contributed by atoms with van der Waals surface area (Å²) in [6.07, 6.45) is -0.281. The number of hydrogen-bond acceptors (Lipinski definition) is 3. The van der Waals surface area contributed by atoms with Crippen LogP contribution in [0.25, 0.3) is 0 Å². The van der Waals surface area contributed by atoms with Crippen LogP contribution in [0.5, 0.6) is 0 Å². The number of halogens is 2. The van der Waals surface area contributed by atoms with Crippen molar-refractivity contribution in [1.29, 1.82) is 5.26 Å². The van der Waals surface area contributed by atoms with E-state index in [0.29, 0.717) is 0 Å². The molecule has 0 fully saturated rings. The maximum Gasteiger partial charge on any atom is 0.310 e. The molecule has 0 aliphatic carbocycles. The first-order valence-corrected chi connectivity index (χ1v) is 4.41. The van der Waals surface area contributed by atoms with Crippen molar-refractivity contribution < 1.29 is 13.9 Å². The van der Waals surface area contributed by atoms with Gasteiger partial charge < -0.3 is 4.74 Å². The van der Waals surface area contributed by atoms with Crippen molar-refractivity contribution in [3.8, 4) is 6.07 Å². The molecule has 0 aliphatic rings. The predicted molar refractivity (Wildman–Crippen MR) is 51.8 cm³/mol. The fourth-order valence-corrected chi connectivity index (χ4v) is 1.28. The second-order valence-electron chi connectivity index (χ2n) is 2.75. The Labute approximate surface area is 91.0 Å². The summed E-state index contributed by atoms with van der Waals surface area (Å²) in [6, 6.07) is 4.31. The maximum absolute atomic E-state index is 13.5. The van der Waals surface area contributed by atoms with Crippen LogP contribution in [0, 0.1) is 17.1 Å². The minimum Gasteiger partial charge on any atom is -0.469 e. The smallest absolute Gasteiger partial charge is 0.310 e. The number of ether oxygens (including phenoxy) is 1. The number of hydrogen-bond donors (Lipinski definition) is 0. The zero-order valence-electron chi connectivity index (χ0n) is 7.88. The molecule has 0 amide bonds. The molecule has 0 bridgehead atoms. The van der Waals surface area contributed by atoms with Crippen LogP contribution in [-0.2, 0) is 16.0 Å². The number of methoxy groups -OCH3 is 1. The summed E-state index contributed by atoms with van der Waals surface area (Å²) in [7, 11) is 1.20. The lowest BCUT2D eigenvalue weighted by Gasteiger charge is -2.05. The van der Waals surface area contributed by atoms with Gasteiger partial charge in [-0.2, -0.15) is 5.26 Å². The summed E-state index contributed by atoms with van der Waals surface area (Å²) in [6.45, 7) is 0. The Morgan fingerprint density at radius 1 is 1.67 bits per heavy atom. The molecular formula is C10H7ClFNO2. The molecule has 0 saturated carbocycles. The summed E-state index contributed by atoms with van der Waals surface area (Å²) < 4.78 is 17.9. The molecule has 0 radical (unpaired) electrons. The van der Waals surface area contributed by atoms with Gasteiger partial charge in [0.15, 0.2) is 0 Å². The van der Waals surface area contributed by atoms with E-state index < -0.39 is 11.8 Å². The fraction of sp³-hybridized carbons (Fsp3) is 0.200. The van der Waals surface area contributed by atoms with Gasteiger partial charge in [0.25, 0.3) is 0 Å². The number of nitriles is 1. The lowest BCUT2D eigenvalue weighted by molar-refractivity contribution is -0.139. The van der Waals surface area contributed by atoms with E-state index >= 15 is 0 Å². The third-order valence-corrected chi connectivity index (χ3v) is 2.21. The molecule has 15 heavy (non-hydrogen) atoms. The molecule has 3 nitrogen and oxygen atoms in total. The molecular weight excluding hydrogens is 221 g/mol. The third kappa shape index (κ3) is 2.45. The Balaban J connectivity index is 3.16. The van der Waals surface area contributed by atoms with Crippen molar-refractivity contribution in [3.05, 3.63) is 34.1 Å². The minimum absolute atomic E-state index is 0.0115. The predicted octanol–water partition coefficient (Wildman–Crippen LogP) is 2.07. The lowest BCUT2D eigenvalue weighted by atomic mass is 10.1. The van der Waals surface area contributed by atoms with Gasteiger partial charge in [-0.25, -0.2) is 4.39 Å². The van der Waals surface area contributed by atoms with Gasteiger partial charge in [-0.3, -0.25) is 4.79 Å². The average molecular weight is 228 g/mol. The Morgan fingerprint density at radius 3 is 2.87 bits per heavy atom. The highest BCUT2D eigenvalue weighted by molar-refractivity contribution is 6.31. The molecule has 0 aromatic heterocycles. The number of esters is 1. The second kappa shape index (κ2) is 4.76. The van der Waals surface area contributed by atoms with Crippen molar-refractivity contribution in [1.82, 2.24) is 0 Å². The first-order chi connectivity index (χ1) is 7.10. The number of nitrogens with zero attached hydrogens (tertiary/aromatic N) is 1. The van der Waals surface area contributed by atoms with E-state index in [0.717, 1.165) is 0 Å². The number of rotatable bonds is 2. The van der Waals surface area contributed by atoms with E-state index in [4.69, 9.17) is 16.9 Å². The average Bonchev–Trinajstić information content (AvgIpc) is 2.24. The van der Waals surface area contributed by atoms with Gasteiger partial charge in [0, 0.05) is 10.6 Å². The SMILES string of the molecule is COC(=O)Cc1c(Cl)ccc(C#N)c1F. The molecule has 0 unspecified atom stereocenters. The van der Waals surface area contributed by atoms with Crippen LogP contribution in [0.2, 0.25) is 5.02 Å². The quantitative estimate of drug-likeness (QED) is 0.727. The van der Waals surface area contributed by atoms with Gasteiger partial charge in [-0.05, 0) is 12.1 Å². The number of benzene rings is 1.